The molecule has 0 radical (unpaired) electrons. The number of hydrogen-bond donors (Lipinski definition) is 2. The van der Waals surface area contributed by atoms with E-state index in [0.29, 0.717) is 5.92 Å². The average molecular weight is 222 g/mol. The minimum Gasteiger partial charge on any atom is -0.399 e. The van der Waals surface area contributed by atoms with Crippen LogP contribution in [0.5, 0.6) is 0 Å². The van der Waals surface area contributed by atoms with Gasteiger partial charge in [-0.05, 0) is 30.2 Å². The molecule has 3 nitrogen and oxygen atoms in total. The normalized spacial score (nSPS) is 13.0. The van der Waals surface area contributed by atoms with Crippen LogP contribution in [0.1, 0.15) is 19.4 Å². The zero-order valence-electron chi connectivity index (χ0n) is 10.2. The number of benzene rings is 1. The van der Waals surface area contributed by atoms with Crippen LogP contribution >= 0.6 is 0 Å². The second-order valence-corrected chi connectivity index (χ2v) is 4.36. The minimum absolute atomic E-state index is 0.243. The van der Waals surface area contributed by atoms with Crippen LogP contribution in [-0.2, 0) is 6.54 Å². The Bertz CT molecular complexity index is 315. The number of aliphatic hydroxyl groups excluding tert-OH is 1. The molecule has 3 heteroatoms. The van der Waals surface area contributed by atoms with Crippen LogP contribution in [0.3, 0.4) is 0 Å². The molecule has 1 rings (SSSR count). The van der Waals surface area contributed by atoms with Crippen molar-refractivity contribution in [3.05, 3.63) is 29.8 Å². The van der Waals surface area contributed by atoms with E-state index >= 15 is 0 Å². The quantitative estimate of drug-likeness (QED) is 0.721. The lowest BCUT2D eigenvalue weighted by molar-refractivity contribution is 0.173. The van der Waals surface area contributed by atoms with E-state index in [-0.39, 0.29) is 6.61 Å². The first-order chi connectivity index (χ1) is 7.65. The van der Waals surface area contributed by atoms with Crippen molar-refractivity contribution >= 4 is 5.69 Å². The van der Waals surface area contributed by atoms with Crippen LogP contribution in [-0.4, -0.2) is 29.7 Å². The van der Waals surface area contributed by atoms with E-state index in [1.54, 1.807) is 0 Å². The minimum atomic E-state index is 0.243. The van der Waals surface area contributed by atoms with Crippen molar-refractivity contribution in [2.24, 2.45) is 5.92 Å². The van der Waals surface area contributed by atoms with Gasteiger partial charge in [0.25, 0.3) is 0 Å². The Morgan fingerprint density at radius 3 is 2.75 bits per heavy atom. The molecule has 0 heterocycles. The molecule has 1 atom stereocenters. The monoisotopic (exact) mass is 222 g/mol. The van der Waals surface area contributed by atoms with Crippen LogP contribution in [0, 0.1) is 5.92 Å². The maximum Gasteiger partial charge on any atom is 0.0468 e. The highest BCUT2D eigenvalue weighted by Gasteiger charge is 2.08. The predicted octanol–water partition coefficient (Wildman–Crippen LogP) is 1.72. The number of nitrogens with two attached hydrogens (primary N) is 1. The summed E-state index contributed by atoms with van der Waals surface area (Å²) >= 11 is 0. The number of hydrogen-bond acceptors (Lipinski definition) is 3. The van der Waals surface area contributed by atoms with E-state index in [0.717, 1.165) is 25.3 Å². The lowest BCUT2D eigenvalue weighted by atomic mass is 10.1. The first-order valence-corrected chi connectivity index (χ1v) is 5.83. The van der Waals surface area contributed by atoms with Gasteiger partial charge in [0, 0.05) is 25.4 Å². The molecule has 0 spiro atoms. The summed E-state index contributed by atoms with van der Waals surface area (Å²) in [5, 5.41) is 9.04. The third kappa shape index (κ3) is 4.21. The lowest BCUT2D eigenvalue weighted by Crippen LogP contribution is -2.29. The molecule has 0 aliphatic rings. The van der Waals surface area contributed by atoms with Crippen LogP contribution < -0.4 is 5.73 Å². The number of nitrogens with zero attached hydrogens (tertiary/aromatic N) is 1. The van der Waals surface area contributed by atoms with E-state index in [2.05, 4.69) is 24.8 Å². The Morgan fingerprint density at radius 1 is 1.44 bits per heavy atom. The van der Waals surface area contributed by atoms with Gasteiger partial charge in [-0.25, -0.2) is 0 Å². The van der Waals surface area contributed by atoms with Crippen molar-refractivity contribution in [3.63, 3.8) is 0 Å². The molecular weight excluding hydrogens is 200 g/mol. The largest absolute Gasteiger partial charge is 0.399 e. The molecule has 3 N–H and O–H groups in total. The zero-order chi connectivity index (χ0) is 12.0. The van der Waals surface area contributed by atoms with Gasteiger partial charge in [-0.1, -0.05) is 26.0 Å². The molecule has 0 saturated heterocycles. The van der Waals surface area contributed by atoms with Gasteiger partial charge in [0.2, 0.25) is 0 Å². The Kier molecular flexibility index (Phi) is 5.29. The summed E-state index contributed by atoms with van der Waals surface area (Å²) in [7, 11) is 0. The highest BCUT2D eigenvalue weighted by molar-refractivity contribution is 5.40. The Hall–Kier alpha value is -1.06. The number of nitrogen functional groups attached to an aromatic ring is 1. The standard InChI is InChI=1S/C13H22N2O/c1-3-15(8-11(2)10-16)9-12-5-4-6-13(14)7-12/h4-7,11,16H,3,8-10,14H2,1-2H3. The molecule has 0 bridgehead atoms. The Morgan fingerprint density at radius 2 is 2.19 bits per heavy atom. The number of anilines is 1. The van der Waals surface area contributed by atoms with Crippen molar-refractivity contribution in [2.45, 2.75) is 20.4 Å². The first-order valence-electron chi connectivity index (χ1n) is 5.83. The predicted molar refractivity (Wildman–Crippen MR) is 68.1 cm³/mol. The molecule has 0 saturated carbocycles. The fourth-order valence-corrected chi connectivity index (χ4v) is 1.75. The fourth-order valence-electron chi connectivity index (χ4n) is 1.75. The summed E-state index contributed by atoms with van der Waals surface area (Å²) in [6.45, 7) is 7.23. The molecule has 90 valence electrons. The molecular formula is C13H22N2O. The second kappa shape index (κ2) is 6.51. The van der Waals surface area contributed by atoms with Crippen LogP contribution in [0.2, 0.25) is 0 Å². The second-order valence-electron chi connectivity index (χ2n) is 4.36. The van der Waals surface area contributed by atoms with Crippen LogP contribution in [0.4, 0.5) is 5.69 Å². The topological polar surface area (TPSA) is 49.5 Å². The van der Waals surface area contributed by atoms with E-state index < -0.39 is 0 Å². The lowest BCUT2D eigenvalue weighted by Gasteiger charge is -2.23. The zero-order valence-corrected chi connectivity index (χ0v) is 10.2. The third-order valence-corrected chi connectivity index (χ3v) is 2.69. The maximum atomic E-state index is 9.04. The van der Waals surface area contributed by atoms with Crippen molar-refractivity contribution in [1.82, 2.24) is 4.90 Å². The molecule has 1 unspecified atom stereocenters. The summed E-state index contributed by atoms with van der Waals surface area (Å²) < 4.78 is 0. The molecule has 0 amide bonds. The number of rotatable bonds is 6. The molecule has 1 aromatic rings. The summed E-state index contributed by atoms with van der Waals surface area (Å²) in [4.78, 5) is 2.32. The van der Waals surface area contributed by atoms with E-state index in [4.69, 9.17) is 10.8 Å². The summed E-state index contributed by atoms with van der Waals surface area (Å²) in [6, 6.07) is 7.97. The van der Waals surface area contributed by atoms with E-state index in [1.807, 2.05) is 18.2 Å². The van der Waals surface area contributed by atoms with Gasteiger partial charge in [-0.3, -0.25) is 4.90 Å². The average Bonchev–Trinajstić information content (AvgIpc) is 2.28. The van der Waals surface area contributed by atoms with Crippen LogP contribution in [0.15, 0.2) is 24.3 Å². The van der Waals surface area contributed by atoms with Crippen molar-refractivity contribution in [2.75, 3.05) is 25.4 Å². The smallest absolute Gasteiger partial charge is 0.0468 e. The van der Waals surface area contributed by atoms with Crippen LogP contribution in [0.25, 0.3) is 0 Å². The van der Waals surface area contributed by atoms with E-state index in [1.165, 1.54) is 5.56 Å². The molecule has 0 aromatic heterocycles. The van der Waals surface area contributed by atoms with Gasteiger partial charge in [0.15, 0.2) is 0 Å². The maximum absolute atomic E-state index is 9.04. The van der Waals surface area contributed by atoms with Gasteiger partial charge in [0.1, 0.15) is 0 Å². The highest BCUT2D eigenvalue weighted by atomic mass is 16.3. The van der Waals surface area contributed by atoms with Crippen molar-refractivity contribution in [3.8, 4) is 0 Å². The van der Waals surface area contributed by atoms with Gasteiger partial charge in [-0.2, -0.15) is 0 Å². The molecule has 16 heavy (non-hydrogen) atoms. The molecule has 0 fully saturated rings. The summed E-state index contributed by atoms with van der Waals surface area (Å²) in [5.74, 6) is 0.320. The van der Waals surface area contributed by atoms with Crippen molar-refractivity contribution < 1.29 is 5.11 Å². The van der Waals surface area contributed by atoms with Gasteiger partial charge in [0.05, 0.1) is 0 Å². The fraction of sp³-hybridized carbons (Fsp3) is 0.538. The first kappa shape index (κ1) is 13.0. The van der Waals surface area contributed by atoms with Gasteiger partial charge < -0.3 is 10.8 Å². The summed E-state index contributed by atoms with van der Waals surface area (Å²) in [6.07, 6.45) is 0. The SMILES string of the molecule is CCN(Cc1cccc(N)c1)CC(C)CO. The number of aliphatic hydroxyl groups is 1. The highest BCUT2D eigenvalue weighted by Crippen LogP contribution is 2.10. The van der Waals surface area contributed by atoms with Gasteiger partial charge >= 0.3 is 0 Å². The summed E-state index contributed by atoms with van der Waals surface area (Å²) in [5.41, 5.74) is 7.78. The van der Waals surface area contributed by atoms with Gasteiger partial charge in [-0.15, -0.1) is 0 Å². The van der Waals surface area contributed by atoms with Crippen molar-refractivity contribution in [1.29, 1.82) is 0 Å². The molecule has 0 aliphatic heterocycles. The third-order valence-electron chi connectivity index (χ3n) is 2.69. The Balaban J connectivity index is 2.56. The van der Waals surface area contributed by atoms with E-state index in [9.17, 15) is 0 Å². The molecule has 1 aromatic carbocycles. The molecule has 0 aliphatic carbocycles. The Labute approximate surface area is 97.9 Å².